The molecule has 0 atom stereocenters. The number of aromatic nitrogens is 2. The first-order valence-electron chi connectivity index (χ1n) is 4.95. The SMILES string of the molecule is Cc1nc(Oc2ccc(Cl)cc2Cl)cc(=N)n1O. The first kappa shape index (κ1) is 12.7. The van der Waals surface area contributed by atoms with Gasteiger partial charge in [-0.05, 0) is 25.1 Å². The smallest absolute Gasteiger partial charge is 0.224 e. The van der Waals surface area contributed by atoms with Crippen LogP contribution in [-0.4, -0.2) is 14.9 Å². The number of rotatable bonds is 2. The molecule has 0 aliphatic rings. The van der Waals surface area contributed by atoms with Crippen molar-refractivity contribution in [2.75, 3.05) is 0 Å². The summed E-state index contributed by atoms with van der Waals surface area (Å²) in [4.78, 5) is 3.97. The summed E-state index contributed by atoms with van der Waals surface area (Å²) in [5.74, 6) is 0.790. The summed E-state index contributed by atoms with van der Waals surface area (Å²) < 4.78 is 6.08. The van der Waals surface area contributed by atoms with Gasteiger partial charge in [-0.2, -0.15) is 9.71 Å². The molecule has 0 saturated heterocycles. The third kappa shape index (κ3) is 2.57. The predicted octanol–water partition coefficient (Wildman–Crippen LogP) is 3.01. The number of nitrogens with one attached hydrogen (secondary N) is 1. The van der Waals surface area contributed by atoms with Crippen LogP contribution < -0.4 is 10.2 Å². The van der Waals surface area contributed by atoms with Crippen LogP contribution in [0.2, 0.25) is 10.0 Å². The molecule has 94 valence electrons. The Morgan fingerprint density at radius 1 is 1.33 bits per heavy atom. The summed E-state index contributed by atoms with van der Waals surface area (Å²) in [6, 6.07) is 6.05. The lowest BCUT2D eigenvalue weighted by Gasteiger charge is -2.08. The summed E-state index contributed by atoms with van der Waals surface area (Å²) in [6.45, 7) is 1.55. The van der Waals surface area contributed by atoms with Gasteiger partial charge in [-0.1, -0.05) is 23.2 Å². The van der Waals surface area contributed by atoms with E-state index in [0.29, 0.717) is 20.5 Å². The van der Waals surface area contributed by atoms with Crippen LogP contribution in [0.1, 0.15) is 5.82 Å². The number of hydrogen-bond donors (Lipinski definition) is 2. The van der Waals surface area contributed by atoms with Gasteiger partial charge in [-0.3, -0.25) is 5.41 Å². The molecule has 1 aromatic carbocycles. The first-order valence-corrected chi connectivity index (χ1v) is 5.70. The average Bonchev–Trinajstić information content (AvgIpc) is 2.29. The third-order valence-electron chi connectivity index (χ3n) is 2.18. The predicted molar refractivity (Wildman–Crippen MR) is 66.5 cm³/mol. The second kappa shape index (κ2) is 4.88. The molecule has 1 heterocycles. The van der Waals surface area contributed by atoms with Crippen LogP contribution in [0.3, 0.4) is 0 Å². The number of halogens is 2. The monoisotopic (exact) mass is 285 g/mol. The van der Waals surface area contributed by atoms with Gasteiger partial charge in [0.1, 0.15) is 11.6 Å². The van der Waals surface area contributed by atoms with E-state index in [4.69, 9.17) is 33.3 Å². The second-order valence-electron chi connectivity index (χ2n) is 3.52. The highest BCUT2D eigenvalue weighted by Crippen LogP contribution is 2.30. The van der Waals surface area contributed by atoms with Gasteiger partial charge in [0, 0.05) is 11.1 Å². The lowest BCUT2D eigenvalue weighted by Crippen LogP contribution is -2.20. The summed E-state index contributed by atoms with van der Waals surface area (Å²) in [7, 11) is 0. The molecule has 0 saturated carbocycles. The Morgan fingerprint density at radius 2 is 2.06 bits per heavy atom. The van der Waals surface area contributed by atoms with Crippen LogP contribution in [0, 0.1) is 12.3 Å². The molecule has 2 rings (SSSR count). The van der Waals surface area contributed by atoms with E-state index in [1.807, 2.05) is 0 Å². The van der Waals surface area contributed by atoms with Crippen molar-refractivity contribution in [1.82, 2.24) is 9.71 Å². The molecule has 2 N–H and O–H groups in total. The van der Waals surface area contributed by atoms with Crippen molar-refractivity contribution in [3.05, 3.63) is 45.6 Å². The van der Waals surface area contributed by atoms with Crippen molar-refractivity contribution in [2.45, 2.75) is 6.92 Å². The Balaban J connectivity index is 2.37. The average molecular weight is 286 g/mol. The fourth-order valence-corrected chi connectivity index (χ4v) is 1.76. The maximum atomic E-state index is 9.36. The van der Waals surface area contributed by atoms with Crippen molar-refractivity contribution in [3.8, 4) is 11.6 Å². The Kier molecular flexibility index (Phi) is 3.45. The topological polar surface area (TPSA) is 71.1 Å². The molecule has 1 aromatic heterocycles. The molecule has 0 unspecified atom stereocenters. The number of aryl methyl sites for hydroxylation is 1. The molecular weight excluding hydrogens is 277 g/mol. The normalized spacial score (nSPS) is 10.4. The van der Waals surface area contributed by atoms with E-state index in [9.17, 15) is 5.21 Å². The zero-order valence-electron chi connectivity index (χ0n) is 9.32. The van der Waals surface area contributed by atoms with Crippen LogP contribution in [0.4, 0.5) is 0 Å². The maximum Gasteiger partial charge on any atom is 0.224 e. The minimum atomic E-state index is -0.136. The van der Waals surface area contributed by atoms with Gasteiger partial charge < -0.3 is 9.94 Å². The van der Waals surface area contributed by atoms with Crippen molar-refractivity contribution in [1.29, 1.82) is 5.41 Å². The first-order chi connectivity index (χ1) is 8.47. The van der Waals surface area contributed by atoms with Crippen LogP contribution in [-0.2, 0) is 0 Å². The van der Waals surface area contributed by atoms with Gasteiger partial charge in [-0.25, -0.2) is 0 Å². The molecule has 0 spiro atoms. The van der Waals surface area contributed by atoms with Crippen LogP contribution in [0.25, 0.3) is 0 Å². The van der Waals surface area contributed by atoms with Gasteiger partial charge in [0.2, 0.25) is 5.88 Å². The summed E-state index contributed by atoms with van der Waals surface area (Å²) in [5, 5.41) is 17.7. The molecule has 2 aromatic rings. The standard InChI is InChI=1S/C11H9Cl2N3O2/c1-6-15-11(5-10(14)16(6)17)18-9-3-2-7(12)4-8(9)13/h2-5,14,17H,1H3. The largest absolute Gasteiger partial charge is 0.437 e. The summed E-state index contributed by atoms with van der Waals surface area (Å²) >= 11 is 11.7. The molecule has 5 nitrogen and oxygen atoms in total. The van der Waals surface area contributed by atoms with E-state index in [1.165, 1.54) is 6.07 Å². The molecular formula is C11H9Cl2N3O2. The minimum absolute atomic E-state index is 0.136. The molecule has 0 bridgehead atoms. The van der Waals surface area contributed by atoms with Gasteiger partial charge in [0.05, 0.1) is 5.02 Å². The summed E-state index contributed by atoms with van der Waals surface area (Å²) in [5.41, 5.74) is -0.136. The van der Waals surface area contributed by atoms with E-state index >= 15 is 0 Å². The molecule has 0 aliphatic carbocycles. The maximum absolute atomic E-state index is 9.36. The van der Waals surface area contributed by atoms with Crippen molar-refractivity contribution in [2.24, 2.45) is 0 Å². The minimum Gasteiger partial charge on any atom is -0.437 e. The Bertz CT molecular complexity index is 655. The number of ether oxygens (including phenoxy) is 1. The van der Waals surface area contributed by atoms with Gasteiger partial charge >= 0.3 is 0 Å². The Hall–Kier alpha value is -1.72. The van der Waals surface area contributed by atoms with Gasteiger partial charge in [0.25, 0.3) is 0 Å². The van der Waals surface area contributed by atoms with E-state index in [-0.39, 0.29) is 17.2 Å². The zero-order chi connectivity index (χ0) is 13.3. The van der Waals surface area contributed by atoms with E-state index in [0.717, 1.165) is 0 Å². The van der Waals surface area contributed by atoms with Gasteiger partial charge in [0.15, 0.2) is 5.49 Å². The highest BCUT2D eigenvalue weighted by molar-refractivity contribution is 6.35. The van der Waals surface area contributed by atoms with E-state index in [2.05, 4.69) is 4.98 Å². The van der Waals surface area contributed by atoms with E-state index in [1.54, 1.807) is 25.1 Å². The molecule has 18 heavy (non-hydrogen) atoms. The second-order valence-corrected chi connectivity index (χ2v) is 4.36. The fraction of sp³-hybridized carbons (Fsp3) is 0.0909. The number of hydrogen-bond acceptors (Lipinski definition) is 4. The van der Waals surface area contributed by atoms with Crippen LogP contribution in [0.5, 0.6) is 11.6 Å². The Morgan fingerprint density at radius 3 is 2.67 bits per heavy atom. The van der Waals surface area contributed by atoms with Crippen LogP contribution in [0.15, 0.2) is 24.3 Å². The zero-order valence-corrected chi connectivity index (χ0v) is 10.8. The lowest BCUT2D eigenvalue weighted by atomic mass is 10.3. The molecule has 7 heteroatoms. The quantitative estimate of drug-likeness (QED) is 0.834. The van der Waals surface area contributed by atoms with E-state index < -0.39 is 0 Å². The Labute approximate surface area is 113 Å². The molecule has 0 aliphatic heterocycles. The number of nitrogens with zero attached hydrogens (tertiary/aromatic N) is 2. The van der Waals surface area contributed by atoms with Crippen molar-refractivity contribution >= 4 is 23.2 Å². The molecule has 0 fully saturated rings. The van der Waals surface area contributed by atoms with Crippen LogP contribution >= 0.6 is 23.2 Å². The molecule has 0 amide bonds. The van der Waals surface area contributed by atoms with Gasteiger partial charge in [-0.15, -0.1) is 0 Å². The fourth-order valence-electron chi connectivity index (χ4n) is 1.31. The van der Waals surface area contributed by atoms with Crippen molar-refractivity contribution < 1.29 is 9.94 Å². The lowest BCUT2D eigenvalue weighted by molar-refractivity contribution is 0.157. The highest BCUT2D eigenvalue weighted by atomic mass is 35.5. The number of benzene rings is 1. The van der Waals surface area contributed by atoms with Crippen molar-refractivity contribution in [3.63, 3.8) is 0 Å². The summed E-state index contributed by atoms with van der Waals surface area (Å²) in [6.07, 6.45) is 0. The third-order valence-corrected chi connectivity index (χ3v) is 2.71. The highest BCUT2D eigenvalue weighted by Gasteiger charge is 2.07. The molecule has 0 radical (unpaired) electrons.